The van der Waals surface area contributed by atoms with Gasteiger partial charge in [0.25, 0.3) is 0 Å². The van der Waals surface area contributed by atoms with E-state index in [4.69, 9.17) is 10.6 Å². The fourth-order valence-corrected chi connectivity index (χ4v) is 2.52. The first-order chi connectivity index (χ1) is 9.72. The molecular formula is C13H19N5OS. The lowest BCUT2D eigenvalue weighted by atomic mass is 10.3. The first-order valence-corrected chi connectivity index (χ1v) is 7.30. The third-order valence-corrected chi connectivity index (χ3v) is 3.78. The summed E-state index contributed by atoms with van der Waals surface area (Å²) in [7, 11) is 0. The van der Waals surface area contributed by atoms with Crippen LogP contribution in [0.3, 0.4) is 0 Å². The van der Waals surface area contributed by atoms with E-state index in [2.05, 4.69) is 39.1 Å². The average molecular weight is 293 g/mol. The van der Waals surface area contributed by atoms with Gasteiger partial charge in [0.1, 0.15) is 18.2 Å². The first-order valence-electron chi connectivity index (χ1n) is 6.42. The number of nitrogen functional groups attached to an aromatic ring is 1. The molecule has 0 aromatic carbocycles. The second-order valence-electron chi connectivity index (χ2n) is 4.22. The zero-order valence-corrected chi connectivity index (χ0v) is 12.5. The van der Waals surface area contributed by atoms with E-state index in [1.165, 1.54) is 10.4 Å². The minimum atomic E-state index is 0.374. The third kappa shape index (κ3) is 3.89. The van der Waals surface area contributed by atoms with E-state index in [-0.39, 0.29) is 0 Å². The predicted molar refractivity (Wildman–Crippen MR) is 81.6 cm³/mol. The first kappa shape index (κ1) is 14.7. The van der Waals surface area contributed by atoms with E-state index in [9.17, 15) is 0 Å². The molecule has 0 saturated carbocycles. The minimum absolute atomic E-state index is 0.374. The number of aryl methyl sites for hydroxylation is 1. The number of thiophene rings is 1. The Balaban J connectivity index is 2.07. The van der Waals surface area contributed by atoms with Gasteiger partial charge >= 0.3 is 0 Å². The van der Waals surface area contributed by atoms with Gasteiger partial charge < -0.3 is 15.5 Å². The van der Waals surface area contributed by atoms with E-state index < -0.39 is 0 Å². The van der Waals surface area contributed by atoms with Crippen LogP contribution in [0.5, 0.6) is 0 Å². The van der Waals surface area contributed by atoms with Gasteiger partial charge in [-0.2, -0.15) is 0 Å². The van der Waals surface area contributed by atoms with Crippen molar-refractivity contribution in [2.75, 3.05) is 17.3 Å². The lowest BCUT2D eigenvalue weighted by Gasteiger charge is -2.09. The van der Waals surface area contributed by atoms with Crippen molar-refractivity contribution in [3.8, 4) is 0 Å². The second-order valence-corrected chi connectivity index (χ2v) is 5.22. The predicted octanol–water partition coefficient (Wildman–Crippen LogP) is 2.28. The molecule has 0 atom stereocenters. The fraction of sp³-hybridized carbons (Fsp3) is 0.385. The summed E-state index contributed by atoms with van der Waals surface area (Å²) in [5.41, 5.74) is 3.83. The number of ether oxygens (including phenoxy) is 1. The number of aromatic nitrogens is 2. The lowest BCUT2D eigenvalue weighted by molar-refractivity contribution is 0.128. The maximum atomic E-state index is 5.42. The highest BCUT2D eigenvalue weighted by atomic mass is 32.1. The molecule has 0 bridgehead atoms. The monoisotopic (exact) mass is 293 g/mol. The SMILES string of the molecule is CCOCc1nc(NN)cc(NCc2sccc2C)n1. The van der Waals surface area contributed by atoms with Gasteiger partial charge in [-0.3, -0.25) is 0 Å². The van der Waals surface area contributed by atoms with Gasteiger partial charge in [-0.1, -0.05) is 0 Å². The molecule has 0 aliphatic heterocycles. The zero-order valence-electron chi connectivity index (χ0n) is 11.6. The van der Waals surface area contributed by atoms with Crippen LogP contribution in [0.15, 0.2) is 17.5 Å². The van der Waals surface area contributed by atoms with Crippen molar-refractivity contribution in [1.29, 1.82) is 0 Å². The molecule has 0 saturated heterocycles. The number of nitrogens with two attached hydrogens (primary N) is 1. The Morgan fingerprint density at radius 1 is 1.35 bits per heavy atom. The van der Waals surface area contributed by atoms with E-state index in [0.717, 1.165) is 12.4 Å². The van der Waals surface area contributed by atoms with E-state index >= 15 is 0 Å². The Hall–Kier alpha value is -1.70. The number of anilines is 2. The summed E-state index contributed by atoms with van der Waals surface area (Å²) in [6, 6.07) is 3.88. The van der Waals surface area contributed by atoms with Crippen molar-refractivity contribution in [2.45, 2.75) is 27.0 Å². The van der Waals surface area contributed by atoms with E-state index in [1.807, 2.05) is 6.92 Å². The van der Waals surface area contributed by atoms with E-state index in [0.29, 0.717) is 24.9 Å². The van der Waals surface area contributed by atoms with Crippen LogP contribution in [0.2, 0.25) is 0 Å². The van der Waals surface area contributed by atoms with Gasteiger partial charge in [-0.15, -0.1) is 11.3 Å². The van der Waals surface area contributed by atoms with Crippen LogP contribution in [0.1, 0.15) is 23.2 Å². The summed E-state index contributed by atoms with van der Waals surface area (Å²) < 4.78 is 5.32. The van der Waals surface area contributed by atoms with Gasteiger partial charge in [-0.05, 0) is 30.9 Å². The molecule has 2 heterocycles. The number of nitrogens with one attached hydrogen (secondary N) is 2. The molecule has 0 amide bonds. The van der Waals surface area contributed by atoms with Crippen molar-refractivity contribution in [1.82, 2.24) is 9.97 Å². The van der Waals surface area contributed by atoms with Crippen LogP contribution in [-0.2, 0) is 17.9 Å². The molecule has 2 aromatic heterocycles. The maximum absolute atomic E-state index is 5.42. The van der Waals surface area contributed by atoms with Gasteiger partial charge in [0, 0.05) is 17.6 Å². The highest BCUT2D eigenvalue weighted by Gasteiger charge is 2.05. The van der Waals surface area contributed by atoms with Crippen LogP contribution >= 0.6 is 11.3 Å². The molecule has 20 heavy (non-hydrogen) atoms. The molecule has 0 unspecified atom stereocenters. The fourth-order valence-electron chi connectivity index (χ4n) is 1.68. The summed E-state index contributed by atoms with van der Waals surface area (Å²) in [6.45, 7) is 5.77. The van der Waals surface area contributed by atoms with Gasteiger partial charge in [0.2, 0.25) is 0 Å². The standard InChI is InChI=1S/C13H19N5OS/c1-3-19-8-13-16-11(6-12(17-13)18-14)15-7-10-9(2)4-5-20-10/h4-6H,3,7-8,14H2,1-2H3,(H2,15,16,17,18). The van der Waals surface area contributed by atoms with Crippen molar-refractivity contribution in [2.24, 2.45) is 5.84 Å². The van der Waals surface area contributed by atoms with Crippen LogP contribution in [0, 0.1) is 6.92 Å². The van der Waals surface area contributed by atoms with Crippen LogP contribution in [-0.4, -0.2) is 16.6 Å². The molecular weight excluding hydrogens is 274 g/mol. The summed E-state index contributed by atoms with van der Waals surface area (Å²) >= 11 is 1.73. The molecule has 0 spiro atoms. The smallest absolute Gasteiger partial charge is 0.158 e. The Kier molecular flexibility index (Phi) is 5.28. The molecule has 0 aliphatic carbocycles. The third-order valence-electron chi connectivity index (χ3n) is 2.75. The highest BCUT2D eigenvalue weighted by Crippen LogP contribution is 2.18. The Bertz CT molecular complexity index is 557. The number of rotatable bonds is 7. The molecule has 2 rings (SSSR count). The van der Waals surface area contributed by atoms with Crippen LogP contribution < -0.4 is 16.6 Å². The van der Waals surface area contributed by atoms with Crippen molar-refractivity contribution >= 4 is 23.0 Å². The van der Waals surface area contributed by atoms with Gasteiger partial charge in [-0.25, -0.2) is 15.8 Å². The zero-order chi connectivity index (χ0) is 14.4. The average Bonchev–Trinajstić information content (AvgIpc) is 2.88. The van der Waals surface area contributed by atoms with Crippen molar-refractivity contribution < 1.29 is 4.74 Å². The quantitative estimate of drug-likeness (QED) is 0.536. The lowest BCUT2D eigenvalue weighted by Crippen LogP contribution is -2.13. The number of hydrazine groups is 1. The van der Waals surface area contributed by atoms with Crippen LogP contribution in [0.25, 0.3) is 0 Å². The largest absolute Gasteiger partial charge is 0.374 e. The Morgan fingerprint density at radius 3 is 2.80 bits per heavy atom. The minimum Gasteiger partial charge on any atom is -0.374 e. The topological polar surface area (TPSA) is 85.1 Å². The van der Waals surface area contributed by atoms with E-state index in [1.54, 1.807) is 17.4 Å². The van der Waals surface area contributed by atoms with Crippen molar-refractivity contribution in [3.05, 3.63) is 33.8 Å². The summed E-state index contributed by atoms with van der Waals surface area (Å²) in [5.74, 6) is 7.33. The molecule has 2 aromatic rings. The Labute approximate surface area is 122 Å². The Morgan fingerprint density at radius 2 is 2.15 bits per heavy atom. The van der Waals surface area contributed by atoms with Gasteiger partial charge in [0.15, 0.2) is 5.82 Å². The molecule has 7 heteroatoms. The van der Waals surface area contributed by atoms with Crippen LogP contribution in [0.4, 0.5) is 11.6 Å². The molecule has 0 fully saturated rings. The number of hydrogen-bond donors (Lipinski definition) is 3. The molecule has 6 nitrogen and oxygen atoms in total. The van der Waals surface area contributed by atoms with Crippen molar-refractivity contribution in [3.63, 3.8) is 0 Å². The maximum Gasteiger partial charge on any atom is 0.158 e. The normalized spacial score (nSPS) is 10.6. The summed E-state index contributed by atoms with van der Waals surface area (Å²) in [4.78, 5) is 9.94. The molecule has 0 radical (unpaired) electrons. The molecule has 108 valence electrons. The number of nitrogens with zero attached hydrogens (tertiary/aromatic N) is 2. The second kappa shape index (κ2) is 7.18. The van der Waals surface area contributed by atoms with Gasteiger partial charge in [0.05, 0.1) is 6.54 Å². The number of hydrogen-bond acceptors (Lipinski definition) is 7. The highest BCUT2D eigenvalue weighted by molar-refractivity contribution is 7.10. The molecule has 0 aliphatic rings. The molecule has 4 N–H and O–H groups in total. The summed E-state index contributed by atoms with van der Waals surface area (Å²) in [6.07, 6.45) is 0. The summed E-state index contributed by atoms with van der Waals surface area (Å²) in [5, 5.41) is 5.37.